The summed E-state index contributed by atoms with van der Waals surface area (Å²) < 4.78 is 0. The van der Waals surface area contributed by atoms with E-state index in [4.69, 9.17) is 0 Å². The van der Waals surface area contributed by atoms with Gasteiger partial charge in [0.25, 0.3) is 0 Å². The maximum Gasteiger partial charge on any atom is 0.0406 e. The number of hydrogen-bond acceptors (Lipinski definition) is 1. The lowest BCUT2D eigenvalue weighted by Crippen LogP contribution is -1.99. The SMILES string of the molecule is CCC1CNc2c(C)cccc21. The van der Waals surface area contributed by atoms with Gasteiger partial charge in [-0.2, -0.15) is 0 Å². The van der Waals surface area contributed by atoms with Crippen LogP contribution in [0.4, 0.5) is 5.69 Å². The predicted molar refractivity (Wildman–Crippen MR) is 52.7 cm³/mol. The Bertz CT molecular complexity index is 291. The minimum absolute atomic E-state index is 0.736. The van der Waals surface area contributed by atoms with Crippen molar-refractivity contribution in [2.45, 2.75) is 26.2 Å². The van der Waals surface area contributed by atoms with Crippen molar-refractivity contribution in [3.05, 3.63) is 29.3 Å². The van der Waals surface area contributed by atoms with Crippen LogP contribution in [0.25, 0.3) is 0 Å². The van der Waals surface area contributed by atoms with E-state index in [0.29, 0.717) is 0 Å². The van der Waals surface area contributed by atoms with Gasteiger partial charge in [0.2, 0.25) is 0 Å². The summed E-state index contributed by atoms with van der Waals surface area (Å²) in [6.07, 6.45) is 1.24. The molecule has 0 radical (unpaired) electrons. The maximum atomic E-state index is 3.47. The summed E-state index contributed by atoms with van der Waals surface area (Å²) in [5, 5.41) is 3.47. The molecule has 1 unspecified atom stereocenters. The molecule has 0 fully saturated rings. The molecule has 0 spiro atoms. The van der Waals surface area contributed by atoms with Crippen LogP contribution in [0.15, 0.2) is 18.2 Å². The Kier molecular flexibility index (Phi) is 1.80. The lowest BCUT2D eigenvalue weighted by molar-refractivity contribution is 0.727. The largest absolute Gasteiger partial charge is 0.384 e. The molecule has 1 heterocycles. The van der Waals surface area contributed by atoms with Gasteiger partial charge in [-0.3, -0.25) is 0 Å². The fraction of sp³-hybridized carbons (Fsp3) is 0.455. The Morgan fingerprint density at radius 3 is 3.08 bits per heavy atom. The molecule has 0 bridgehead atoms. The van der Waals surface area contributed by atoms with E-state index < -0.39 is 0 Å². The topological polar surface area (TPSA) is 12.0 Å². The summed E-state index contributed by atoms with van der Waals surface area (Å²) in [5.41, 5.74) is 4.27. The van der Waals surface area contributed by atoms with Gasteiger partial charge in [-0.15, -0.1) is 0 Å². The molecule has 1 heteroatoms. The Morgan fingerprint density at radius 2 is 2.33 bits per heavy atom. The zero-order valence-electron chi connectivity index (χ0n) is 7.72. The maximum absolute atomic E-state index is 3.47. The predicted octanol–water partition coefficient (Wildman–Crippen LogP) is 2.91. The van der Waals surface area contributed by atoms with Crippen LogP contribution in [0.2, 0.25) is 0 Å². The first-order valence-electron chi connectivity index (χ1n) is 4.66. The van der Waals surface area contributed by atoms with Crippen molar-refractivity contribution in [3.8, 4) is 0 Å². The standard InChI is InChI=1S/C11H15N/c1-3-9-7-12-11-8(2)5-4-6-10(9)11/h4-6,9,12H,3,7H2,1-2H3. The van der Waals surface area contributed by atoms with Crippen LogP contribution in [0.5, 0.6) is 0 Å². The second kappa shape index (κ2) is 2.81. The summed E-state index contributed by atoms with van der Waals surface area (Å²) in [6.45, 7) is 5.55. The van der Waals surface area contributed by atoms with Crippen molar-refractivity contribution in [3.63, 3.8) is 0 Å². The molecule has 1 aromatic rings. The van der Waals surface area contributed by atoms with E-state index >= 15 is 0 Å². The lowest BCUT2D eigenvalue weighted by atomic mass is 9.97. The van der Waals surface area contributed by atoms with E-state index in [1.54, 1.807) is 0 Å². The molecule has 2 rings (SSSR count). The Labute approximate surface area is 73.8 Å². The molecule has 1 N–H and O–H groups in total. The Morgan fingerprint density at radius 1 is 1.50 bits per heavy atom. The number of rotatable bonds is 1. The molecule has 1 aliphatic heterocycles. The van der Waals surface area contributed by atoms with Crippen molar-refractivity contribution in [1.29, 1.82) is 0 Å². The third-order valence-corrected chi connectivity index (χ3v) is 2.76. The van der Waals surface area contributed by atoms with Crippen LogP contribution in [0, 0.1) is 6.92 Å². The number of aryl methyl sites for hydroxylation is 1. The van der Waals surface area contributed by atoms with Crippen molar-refractivity contribution in [2.75, 3.05) is 11.9 Å². The highest BCUT2D eigenvalue weighted by atomic mass is 14.9. The van der Waals surface area contributed by atoms with Gasteiger partial charge in [0.15, 0.2) is 0 Å². The molecule has 12 heavy (non-hydrogen) atoms. The first kappa shape index (κ1) is 7.66. The highest BCUT2D eigenvalue weighted by molar-refractivity contribution is 5.62. The molecule has 0 amide bonds. The Hall–Kier alpha value is -0.980. The normalized spacial score (nSPS) is 20.3. The summed E-state index contributed by atoms with van der Waals surface area (Å²) in [5.74, 6) is 0.736. The second-order valence-corrected chi connectivity index (χ2v) is 3.53. The number of anilines is 1. The van der Waals surface area contributed by atoms with Gasteiger partial charge >= 0.3 is 0 Å². The number of fused-ring (bicyclic) bond motifs is 1. The number of benzene rings is 1. The molecule has 0 saturated carbocycles. The molecule has 1 aromatic carbocycles. The van der Waals surface area contributed by atoms with Gasteiger partial charge in [0, 0.05) is 18.2 Å². The first-order valence-corrected chi connectivity index (χ1v) is 4.66. The number of para-hydroxylation sites is 1. The highest BCUT2D eigenvalue weighted by Gasteiger charge is 2.20. The monoisotopic (exact) mass is 161 g/mol. The smallest absolute Gasteiger partial charge is 0.0406 e. The molecule has 1 aliphatic rings. The quantitative estimate of drug-likeness (QED) is 0.667. The van der Waals surface area contributed by atoms with Gasteiger partial charge in [0.05, 0.1) is 0 Å². The van der Waals surface area contributed by atoms with Gasteiger partial charge in [-0.25, -0.2) is 0 Å². The summed E-state index contributed by atoms with van der Waals surface area (Å²) in [4.78, 5) is 0. The van der Waals surface area contributed by atoms with Crippen LogP contribution in [0.1, 0.15) is 30.4 Å². The Balaban J connectivity index is 2.46. The third-order valence-electron chi connectivity index (χ3n) is 2.76. The van der Waals surface area contributed by atoms with Crippen LogP contribution in [-0.4, -0.2) is 6.54 Å². The number of hydrogen-bond donors (Lipinski definition) is 1. The molecule has 0 aromatic heterocycles. The van der Waals surface area contributed by atoms with Crippen LogP contribution >= 0.6 is 0 Å². The van der Waals surface area contributed by atoms with Crippen molar-refractivity contribution in [2.24, 2.45) is 0 Å². The van der Waals surface area contributed by atoms with Crippen LogP contribution in [0.3, 0.4) is 0 Å². The molecule has 1 nitrogen and oxygen atoms in total. The van der Waals surface area contributed by atoms with Gasteiger partial charge in [0.1, 0.15) is 0 Å². The van der Waals surface area contributed by atoms with Gasteiger partial charge in [-0.05, 0) is 24.5 Å². The fourth-order valence-electron chi connectivity index (χ4n) is 1.97. The zero-order valence-corrected chi connectivity index (χ0v) is 7.72. The van der Waals surface area contributed by atoms with E-state index in [-0.39, 0.29) is 0 Å². The van der Waals surface area contributed by atoms with Gasteiger partial charge < -0.3 is 5.32 Å². The average Bonchev–Trinajstić information content (AvgIpc) is 2.49. The molecular weight excluding hydrogens is 146 g/mol. The summed E-state index contributed by atoms with van der Waals surface area (Å²) in [7, 11) is 0. The van der Waals surface area contributed by atoms with Crippen LogP contribution in [-0.2, 0) is 0 Å². The summed E-state index contributed by atoms with van der Waals surface area (Å²) in [6, 6.07) is 6.57. The molecule has 0 saturated heterocycles. The first-order chi connectivity index (χ1) is 5.83. The van der Waals surface area contributed by atoms with E-state index in [9.17, 15) is 0 Å². The fourth-order valence-corrected chi connectivity index (χ4v) is 1.97. The molecule has 64 valence electrons. The van der Waals surface area contributed by atoms with E-state index in [1.165, 1.54) is 23.2 Å². The molecule has 0 aliphatic carbocycles. The third kappa shape index (κ3) is 1.01. The number of nitrogens with one attached hydrogen (secondary N) is 1. The van der Waals surface area contributed by atoms with Crippen molar-refractivity contribution in [1.82, 2.24) is 0 Å². The van der Waals surface area contributed by atoms with E-state index in [1.807, 2.05) is 0 Å². The van der Waals surface area contributed by atoms with E-state index in [2.05, 4.69) is 37.4 Å². The molecule has 1 atom stereocenters. The lowest BCUT2D eigenvalue weighted by Gasteiger charge is -2.06. The molecular formula is C11H15N. The van der Waals surface area contributed by atoms with Crippen LogP contribution < -0.4 is 5.32 Å². The van der Waals surface area contributed by atoms with Crippen molar-refractivity contribution >= 4 is 5.69 Å². The minimum atomic E-state index is 0.736. The van der Waals surface area contributed by atoms with Gasteiger partial charge in [-0.1, -0.05) is 25.1 Å². The van der Waals surface area contributed by atoms with Crippen molar-refractivity contribution < 1.29 is 0 Å². The summed E-state index contributed by atoms with van der Waals surface area (Å²) >= 11 is 0. The average molecular weight is 161 g/mol. The highest BCUT2D eigenvalue weighted by Crippen LogP contribution is 2.35. The van der Waals surface area contributed by atoms with E-state index in [0.717, 1.165) is 12.5 Å². The zero-order chi connectivity index (χ0) is 8.55. The second-order valence-electron chi connectivity index (χ2n) is 3.53. The minimum Gasteiger partial charge on any atom is -0.384 e.